The molecule has 0 radical (unpaired) electrons. The van der Waals surface area contributed by atoms with Gasteiger partial charge >= 0.3 is 0 Å². The normalized spacial score (nSPS) is 15.4. The van der Waals surface area contributed by atoms with E-state index in [0.717, 1.165) is 11.3 Å². The summed E-state index contributed by atoms with van der Waals surface area (Å²) in [6, 6.07) is 18.0. The standard InChI is InChI=1S/C24H22ClN3O4/c1-16-24(30)28(12-13-31-19-6-3-2-4-7-19)15-17-14-18(9-10-21(17)32-16)27-23(29)20-8-5-11-26-22(20)25/h2-11,14,16H,12-13,15H2,1H3,(H,27,29). The minimum atomic E-state index is -0.623. The number of aromatic nitrogens is 1. The van der Waals surface area contributed by atoms with E-state index in [4.69, 9.17) is 21.1 Å². The number of hydrogen-bond donors (Lipinski definition) is 1. The van der Waals surface area contributed by atoms with Crippen molar-refractivity contribution in [3.8, 4) is 11.5 Å². The lowest BCUT2D eigenvalue weighted by molar-refractivity contribution is -0.138. The van der Waals surface area contributed by atoms with Gasteiger partial charge in [0.2, 0.25) is 0 Å². The number of para-hydroxylation sites is 1. The molecule has 0 spiro atoms. The van der Waals surface area contributed by atoms with Crippen molar-refractivity contribution >= 4 is 29.1 Å². The molecule has 1 aliphatic heterocycles. The highest BCUT2D eigenvalue weighted by atomic mass is 35.5. The lowest BCUT2D eigenvalue weighted by Crippen LogP contribution is -2.40. The molecule has 32 heavy (non-hydrogen) atoms. The molecule has 3 aromatic rings. The van der Waals surface area contributed by atoms with Gasteiger partial charge < -0.3 is 19.7 Å². The molecule has 2 amide bonds. The van der Waals surface area contributed by atoms with Gasteiger partial charge in [0.1, 0.15) is 23.3 Å². The number of carbonyl (C=O) groups excluding carboxylic acids is 2. The first-order chi connectivity index (χ1) is 15.5. The summed E-state index contributed by atoms with van der Waals surface area (Å²) in [6.07, 6.45) is 0.898. The summed E-state index contributed by atoms with van der Waals surface area (Å²) < 4.78 is 11.6. The molecule has 8 heteroatoms. The summed E-state index contributed by atoms with van der Waals surface area (Å²) in [5, 5.41) is 2.96. The van der Waals surface area contributed by atoms with Gasteiger partial charge in [-0.25, -0.2) is 4.98 Å². The SMILES string of the molecule is CC1Oc2ccc(NC(=O)c3cccnc3Cl)cc2CN(CCOc2ccccc2)C1=O. The van der Waals surface area contributed by atoms with Gasteiger partial charge in [0.25, 0.3) is 11.8 Å². The van der Waals surface area contributed by atoms with E-state index in [9.17, 15) is 9.59 Å². The van der Waals surface area contributed by atoms with Crippen molar-refractivity contribution in [1.82, 2.24) is 9.88 Å². The Bertz CT molecular complexity index is 1120. The van der Waals surface area contributed by atoms with E-state index in [-0.39, 0.29) is 22.5 Å². The Morgan fingerprint density at radius 3 is 2.81 bits per heavy atom. The van der Waals surface area contributed by atoms with Gasteiger partial charge in [-0.3, -0.25) is 9.59 Å². The smallest absolute Gasteiger partial charge is 0.263 e. The average Bonchev–Trinajstić information content (AvgIpc) is 2.91. The Morgan fingerprint density at radius 2 is 2.03 bits per heavy atom. The van der Waals surface area contributed by atoms with Gasteiger partial charge in [-0.1, -0.05) is 29.8 Å². The molecule has 1 N–H and O–H groups in total. The maximum Gasteiger partial charge on any atom is 0.263 e. The van der Waals surface area contributed by atoms with Crippen molar-refractivity contribution in [2.45, 2.75) is 19.6 Å². The zero-order valence-corrected chi connectivity index (χ0v) is 18.2. The van der Waals surface area contributed by atoms with Crippen LogP contribution in [0.15, 0.2) is 66.9 Å². The molecule has 0 aliphatic carbocycles. The van der Waals surface area contributed by atoms with Crippen molar-refractivity contribution in [3.63, 3.8) is 0 Å². The van der Waals surface area contributed by atoms with Crippen molar-refractivity contribution in [2.75, 3.05) is 18.5 Å². The van der Waals surface area contributed by atoms with Crippen LogP contribution in [-0.4, -0.2) is 41.0 Å². The van der Waals surface area contributed by atoms with Gasteiger partial charge in [-0.05, 0) is 49.4 Å². The minimum absolute atomic E-state index is 0.120. The quantitative estimate of drug-likeness (QED) is 0.569. The monoisotopic (exact) mass is 451 g/mol. The Hall–Kier alpha value is -3.58. The predicted molar refractivity (Wildman–Crippen MR) is 121 cm³/mol. The van der Waals surface area contributed by atoms with Crippen LogP contribution in [0.3, 0.4) is 0 Å². The molecule has 1 aliphatic rings. The van der Waals surface area contributed by atoms with Crippen LogP contribution in [-0.2, 0) is 11.3 Å². The summed E-state index contributed by atoms with van der Waals surface area (Å²) >= 11 is 6.02. The van der Waals surface area contributed by atoms with Crippen LogP contribution in [0.2, 0.25) is 5.15 Å². The highest BCUT2D eigenvalue weighted by Crippen LogP contribution is 2.29. The van der Waals surface area contributed by atoms with E-state index < -0.39 is 6.10 Å². The second-order valence-electron chi connectivity index (χ2n) is 7.30. The molecule has 164 valence electrons. The van der Waals surface area contributed by atoms with Crippen molar-refractivity contribution in [2.24, 2.45) is 0 Å². The third kappa shape index (κ3) is 5.00. The number of nitrogens with one attached hydrogen (secondary N) is 1. The number of rotatable bonds is 6. The van der Waals surface area contributed by atoms with E-state index in [0.29, 0.717) is 31.1 Å². The van der Waals surface area contributed by atoms with Gasteiger partial charge in [0.15, 0.2) is 6.10 Å². The Morgan fingerprint density at radius 1 is 1.22 bits per heavy atom. The second kappa shape index (κ2) is 9.70. The molecule has 0 saturated heterocycles. The van der Waals surface area contributed by atoms with Crippen LogP contribution in [0.1, 0.15) is 22.8 Å². The molecule has 1 unspecified atom stereocenters. The largest absolute Gasteiger partial charge is 0.492 e. The second-order valence-corrected chi connectivity index (χ2v) is 7.66. The number of fused-ring (bicyclic) bond motifs is 1. The minimum Gasteiger partial charge on any atom is -0.492 e. The van der Waals surface area contributed by atoms with E-state index in [1.165, 1.54) is 6.20 Å². The maximum absolute atomic E-state index is 12.8. The summed E-state index contributed by atoms with van der Waals surface area (Å²) in [7, 11) is 0. The molecule has 0 bridgehead atoms. The van der Waals surface area contributed by atoms with Gasteiger partial charge in [-0.2, -0.15) is 0 Å². The van der Waals surface area contributed by atoms with Crippen LogP contribution in [0.4, 0.5) is 5.69 Å². The zero-order valence-electron chi connectivity index (χ0n) is 17.5. The maximum atomic E-state index is 12.8. The molecule has 7 nitrogen and oxygen atoms in total. The molecular weight excluding hydrogens is 430 g/mol. The summed E-state index contributed by atoms with van der Waals surface area (Å²) in [5.74, 6) is 0.869. The first-order valence-corrected chi connectivity index (χ1v) is 10.6. The van der Waals surface area contributed by atoms with Crippen LogP contribution < -0.4 is 14.8 Å². The van der Waals surface area contributed by atoms with Crippen LogP contribution in [0.25, 0.3) is 0 Å². The number of halogens is 1. The van der Waals surface area contributed by atoms with E-state index >= 15 is 0 Å². The van der Waals surface area contributed by atoms with E-state index in [1.807, 2.05) is 30.3 Å². The highest BCUT2D eigenvalue weighted by Gasteiger charge is 2.28. The third-order valence-corrected chi connectivity index (χ3v) is 5.32. The number of hydrogen-bond acceptors (Lipinski definition) is 5. The van der Waals surface area contributed by atoms with Crippen molar-refractivity contribution in [1.29, 1.82) is 0 Å². The topological polar surface area (TPSA) is 80.8 Å². The Labute approximate surface area is 190 Å². The number of pyridine rings is 1. The molecule has 1 aromatic heterocycles. The Kier molecular flexibility index (Phi) is 6.56. The molecule has 2 heterocycles. The lowest BCUT2D eigenvalue weighted by Gasteiger charge is -2.22. The Balaban J connectivity index is 1.47. The van der Waals surface area contributed by atoms with Gasteiger partial charge in [-0.15, -0.1) is 0 Å². The fourth-order valence-corrected chi connectivity index (χ4v) is 3.62. The lowest BCUT2D eigenvalue weighted by atomic mass is 10.1. The third-order valence-electron chi connectivity index (χ3n) is 5.02. The van der Waals surface area contributed by atoms with Gasteiger partial charge in [0.05, 0.1) is 12.1 Å². The summed E-state index contributed by atoms with van der Waals surface area (Å²) in [4.78, 5) is 31.0. The number of amides is 2. The number of anilines is 1. The molecule has 0 saturated carbocycles. The summed E-state index contributed by atoms with van der Waals surface area (Å²) in [5.41, 5.74) is 1.64. The van der Waals surface area contributed by atoms with E-state index in [2.05, 4.69) is 10.3 Å². The number of carbonyl (C=O) groups is 2. The van der Waals surface area contributed by atoms with Crippen LogP contribution in [0.5, 0.6) is 11.5 Å². The zero-order chi connectivity index (χ0) is 22.5. The average molecular weight is 452 g/mol. The molecular formula is C24H22ClN3O4. The molecule has 2 aromatic carbocycles. The number of benzene rings is 2. The number of nitrogens with zero attached hydrogens (tertiary/aromatic N) is 2. The van der Waals surface area contributed by atoms with Crippen LogP contribution >= 0.6 is 11.6 Å². The predicted octanol–water partition coefficient (Wildman–Crippen LogP) is 4.18. The number of ether oxygens (including phenoxy) is 2. The van der Waals surface area contributed by atoms with Crippen LogP contribution in [0, 0.1) is 0 Å². The first kappa shape index (κ1) is 21.6. The first-order valence-electron chi connectivity index (χ1n) is 10.2. The van der Waals surface area contributed by atoms with Crippen molar-refractivity contribution < 1.29 is 19.1 Å². The fourth-order valence-electron chi connectivity index (χ4n) is 3.41. The summed E-state index contributed by atoms with van der Waals surface area (Å²) in [6.45, 7) is 2.83. The van der Waals surface area contributed by atoms with Crippen molar-refractivity contribution in [3.05, 3.63) is 83.1 Å². The molecule has 0 fully saturated rings. The van der Waals surface area contributed by atoms with Gasteiger partial charge in [0, 0.05) is 24.0 Å². The fraction of sp³-hybridized carbons (Fsp3) is 0.208. The molecule has 4 rings (SSSR count). The molecule has 1 atom stereocenters. The highest BCUT2D eigenvalue weighted by molar-refractivity contribution is 6.33. The van der Waals surface area contributed by atoms with E-state index in [1.54, 1.807) is 42.2 Å².